The lowest BCUT2D eigenvalue weighted by Gasteiger charge is -2.18. The number of hydrogen-bond acceptors (Lipinski definition) is 2. The van der Waals surface area contributed by atoms with E-state index in [1.807, 2.05) is 12.3 Å². The summed E-state index contributed by atoms with van der Waals surface area (Å²) in [5.41, 5.74) is 3.82. The molecule has 1 unspecified atom stereocenters. The van der Waals surface area contributed by atoms with E-state index in [9.17, 15) is 0 Å². The average molecular weight is 333 g/mol. The molecule has 0 bridgehead atoms. The maximum absolute atomic E-state index is 4.47. The fraction of sp³-hybridized carbons (Fsp3) is 0.353. The molecule has 0 saturated heterocycles. The second kappa shape index (κ2) is 7.55. The predicted molar refractivity (Wildman–Crippen MR) is 87.9 cm³/mol. The third-order valence-corrected chi connectivity index (χ3v) is 3.91. The van der Waals surface area contributed by atoms with Crippen molar-refractivity contribution in [2.75, 3.05) is 6.54 Å². The van der Waals surface area contributed by atoms with Gasteiger partial charge < -0.3 is 5.32 Å². The summed E-state index contributed by atoms with van der Waals surface area (Å²) < 4.78 is 1.02. The molecule has 2 nitrogen and oxygen atoms in total. The van der Waals surface area contributed by atoms with E-state index in [1.165, 1.54) is 11.1 Å². The molecule has 0 aliphatic heterocycles. The number of pyridine rings is 1. The number of nitrogens with one attached hydrogen (secondary N) is 1. The van der Waals surface area contributed by atoms with Crippen LogP contribution in [0.15, 0.2) is 47.1 Å². The Labute approximate surface area is 129 Å². The minimum absolute atomic E-state index is 0.319. The van der Waals surface area contributed by atoms with Crippen LogP contribution in [-0.4, -0.2) is 11.5 Å². The van der Waals surface area contributed by atoms with Crippen LogP contribution in [0, 0.1) is 0 Å². The molecule has 1 heterocycles. The zero-order valence-corrected chi connectivity index (χ0v) is 13.7. The molecule has 1 atom stereocenters. The van der Waals surface area contributed by atoms with Gasteiger partial charge in [0.25, 0.3) is 0 Å². The molecule has 0 amide bonds. The first kappa shape index (κ1) is 15.2. The molecule has 0 aliphatic carbocycles. The Hall–Kier alpha value is -1.19. The van der Waals surface area contributed by atoms with Crippen molar-refractivity contribution < 1.29 is 0 Å². The van der Waals surface area contributed by atoms with Crippen LogP contribution in [0.3, 0.4) is 0 Å². The first-order chi connectivity index (χ1) is 9.72. The molecule has 3 heteroatoms. The van der Waals surface area contributed by atoms with Gasteiger partial charge in [0, 0.05) is 28.8 Å². The van der Waals surface area contributed by atoms with E-state index >= 15 is 0 Å². The van der Waals surface area contributed by atoms with Gasteiger partial charge in [0.05, 0.1) is 0 Å². The zero-order chi connectivity index (χ0) is 14.4. The summed E-state index contributed by atoms with van der Waals surface area (Å²) in [5, 5.41) is 3.55. The molecule has 0 fully saturated rings. The summed E-state index contributed by atoms with van der Waals surface area (Å²) in [7, 11) is 0. The molecule has 106 valence electrons. The molecule has 2 rings (SSSR count). The van der Waals surface area contributed by atoms with E-state index in [0.717, 1.165) is 29.6 Å². The zero-order valence-electron chi connectivity index (χ0n) is 12.1. The fourth-order valence-corrected chi connectivity index (χ4v) is 2.51. The Kier molecular flexibility index (Phi) is 5.74. The Morgan fingerprint density at radius 1 is 1.10 bits per heavy atom. The van der Waals surface area contributed by atoms with Crippen molar-refractivity contribution in [2.24, 2.45) is 0 Å². The molecule has 0 spiro atoms. The summed E-state index contributed by atoms with van der Waals surface area (Å²) in [6, 6.07) is 13.3. The minimum Gasteiger partial charge on any atom is -0.310 e. The molecule has 1 N–H and O–H groups in total. The second-order valence-electron chi connectivity index (χ2n) is 4.88. The highest BCUT2D eigenvalue weighted by Gasteiger charge is 2.11. The molecule has 1 aromatic heterocycles. The van der Waals surface area contributed by atoms with E-state index in [-0.39, 0.29) is 0 Å². The van der Waals surface area contributed by atoms with Crippen molar-refractivity contribution in [3.8, 4) is 0 Å². The fourth-order valence-electron chi connectivity index (χ4n) is 2.28. The topological polar surface area (TPSA) is 24.9 Å². The normalized spacial score (nSPS) is 12.3. The summed E-state index contributed by atoms with van der Waals surface area (Å²) in [4.78, 5) is 4.47. The number of rotatable bonds is 6. The monoisotopic (exact) mass is 332 g/mol. The number of aryl methyl sites for hydroxylation is 1. The predicted octanol–water partition coefficient (Wildman–Crippen LogP) is 4.30. The van der Waals surface area contributed by atoms with E-state index in [1.54, 1.807) is 0 Å². The number of nitrogens with zero attached hydrogens (tertiary/aromatic N) is 1. The average Bonchev–Trinajstić information content (AvgIpc) is 2.49. The van der Waals surface area contributed by atoms with Gasteiger partial charge in [0.15, 0.2) is 0 Å². The standard InChI is InChI=1S/C17H21BrN2/c1-3-13-5-7-14(8-6-13)17(19-4-2)11-16-10-9-15(18)12-20-16/h5-10,12,17,19H,3-4,11H2,1-2H3. The van der Waals surface area contributed by atoms with E-state index in [4.69, 9.17) is 0 Å². The van der Waals surface area contributed by atoms with Gasteiger partial charge in [-0.2, -0.15) is 0 Å². The largest absolute Gasteiger partial charge is 0.310 e. The van der Waals surface area contributed by atoms with Crippen molar-refractivity contribution in [1.82, 2.24) is 10.3 Å². The van der Waals surface area contributed by atoms with Gasteiger partial charge >= 0.3 is 0 Å². The Morgan fingerprint density at radius 3 is 2.40 bits per heavy atom. The summed E-state index contributed by atoms with van der Waals surface area (Å²) in [5.74, 6) is 0. The molecule has 2 aromatic rings. The third-order valence-electron chi connectivity index (χ3n) is 3.44. The number of hydrogen-bond donors (Lipinski definition) is 1. The van der Waals surface area contributed by atoms with Crippen LogP contribution in [0.25, 0.3) is 0 Å². The van der Waals surface area contributed by atoms with Crippen LogP contribution in [0.1, 0.15) is 36.7 Å². The third kappa shape index (κ3) is 4.15. The Morgan fingerprint density at radius 2 is 1.85 bits per heavy atom. The smallest absolute Gasteiger partial charge is 0.0423 e. The van der Waals surface area contributed by atoms with Gasteiger partial charge in [-0.3, -0.25) is 4.98 Å². The second-order valence-corrected chi connectivity index (χ2v) is 5.79. The number of halogens is 1. The van der Waals surface area contributed by atoms with Gasteiger partial charge in [-0.1, -0.05) is 38.1 Å². The molecular weight excluding hydrogens is 312 g/mol. The molecule has 0 aliphatic rings. The maximum Gasteiger partial charge on any atom is 0.0423 e. The van der Waals surface area contributed by atoms with Crippen molar-refractivity contribution in [2.45, 2.75) is 32.7 Å². The summed E-state index contributed by atoms with van der Waals surface area (Å²) >= 11 is 3.43. The maximum atomic E-state index is 4.47. The van der Waals surface area contributed by atoms with E-state index < -0.39 is 0 Å². The molecule has 0 saturated carbocycles. The lowest BCUT2D eigenvalue weighted by atomic mass is 9.99. The highest BCUT2D eigenvalue weighted by molar-refractivity contribution is 9.10. The van der Waals surface area contributed by atoms with Crippen molar-refractivity contribution in [1.29, 1.82) is 0 Å². The van der Waals surface area contributed by atoms with Crippen LogP contribution in [0.4, 0.5) is 0 Å². The highest BCUT2D eigenvalue weighted by atomic mass is 79.9. The van der Waals surface area contributed by atoms with Gasteiger partial charge in [0.1, 0.15) is 0 Å². The summed E-state index contributed by atoms with van der Waals surface area (Å²) in [6.07, 6.45) is 3.85. The number of likely N-dealkylation sites (N-methyl/N-ethyl adjacent to an activating group) is 1. The quantitative estimate of drug-likeness (QED) is 0.853. The van der Waals surface area contributed by atoms with Crippen LogP contribution < -0.4 is 5.32 Å². The Balaban J connectivity index is 2.14. The Bertz CT molecular complexity index is 520. The van der Waals surface area contributed by atoms with Crippen molar-refractivity contribution in [3.05, 3.63) is 63.9 Å². The van der Waals surface area contributed by atoms with Crippen molar-refractivity contribution >= 4 is 15.9 Å². The van der Waals surface area contributed by atoms with Gasteiger partial charge in [-0.05, 0) is 52.2 Å². The lowest BCUT2D eigenvalue weighted by Crippen LogP contribution is -2.23. The molecule has 20 heavy (non-hydrogen) atoms. The lowest BCUT2D eigenvalue weighted by molar-refractivity contribution is 0.544. The first-order valence-electron chi connectivity index (χ1n) is 7.15. The van der Waals surface area contributed by atoms with Crippen molar-refractivity contribution in [3.63, 3.8) is 0 Å². The number of aromatic nitrogens is 1. The van der Waals surface area contributed by atoms with Crippen LogP contribution in [0.2, 0.25) is 0 Å². The first-order valence-corrected chi connectivity index (χ1v) is 7.94. The van der Waals surface area contributed by atoms with Crippen LogP contribution >= 0.6 is 15.9 Å². The van der Waals surface area contributed by atoms with Gasteiger partial charge in [-0.25, -0.2) is 0 Å². The SMILES string of the molecule is CCNC(Cc1ccc(Br)cn1)c1ccc(CC)cc1. The van der Waals surface area contributed by atoms with E-state index in [0.29, 0.717) is 6.04 Å². The van der Waals surface area contributed by atoms with Gasteiger partial charge in [-0.15, -0.1) is 0 Å². The van der Waals surface area contributed by atoms with E-state index in [2.05, 4.69) is 70.4 Å². The highest BCUT2D eigenvalue weighted by Crippen LogP contribution is 2.19. The molecular formula is C17H21BrN2. The molecule has 1 aromatic carbocycles. The van der Waals surface area contributed by atoms with Crippen LogP contribution in [0.5, 0.6) is 0 Å². The number of benzene rings is 1. The molecule has 0 radical (unpaired) electrons. The van der Waals surface area contributed by atoms with Gasteiger partial charge in [0.2, 0.25) is 0 Å². The summed E-state index contributed by atoms with van der Waals surface area (Å²) in [6.45, 7) is 5.28. The van der Waals surface area contributed by atoms with Crippen LogP contribution in [-0.2, 0) is 12.8 Å². The minimum atomic E-state index is 0.319.